The quantitative estimate of drug-likeness (QED) is 0.174. The van der Waals surface area contributed by atoms with E-state index in [0.717, 1.165) is 56.2 Å². The molecule has 0 amide bonds. The first-order valence-electron chi connectivity index (χ1n) is 22.5. The Morgan fingerprint density at radius 3 is 1.71 bits per heavy atom. The van der Waals surface area contributed by atoms with Gasteiger partial charge in [-0.15, -0.1) is 0 Å². The maximum Gasteiger partial charge on any atom is 0.164 e. The smallest absolute Gasteiger partial charge is 0.164 e. The predicted molar refractivity (Wildman–Crippen MR) is 271 cm³/mol. The number of para-hydroxylation sites is 1. The van der Waals surface area contributed by atoms with Crippen LogP contribution in [0.2, 0.25) is 0 Å². The molecule has 2 aliphatic rings. The maximum absolute atomic E-state index is 5.33. The normalized spacial score (nSPS) is 13.6. The number of rotatable bonds is 5. The van der Waals surface area contributed by atoms with Crippen LogP contribution >= 0.6 is 0 Å². The van der Waals surface area contributed by atoms with E-state index >= 15 is 0 Å². The van der Waals surface area contributed by atoms with Crippen LogP contribution in [0.3, 0.4) is 0 Å². The number of hydrogen-bond donors (Lipinski definition) is 0. The highest BCUT2D eigenvalue weighted by molar-refractivity contribution is 6.12. The van der Waals surface area contributed by atoms with Crippen molar-refractivity contribution >= 4 is 55.5 Å². The second-order valence-corrected chi connectivity index (χ2v) is 18.0. The molecule has 13 rings (SSSR count). The summed E-state index contributed by atoms with van der Waals surface area (Å²) in [5.74, 6) is 1.89. The van der Waals surface area contributed by atoms with Gasteiger partial charge in [0.1, 0.15) is 0 Å². The fourth-order valence-corrected chi connectivity index (χ4v) is 10.4. The van der Waals surface area contributed by atoms with Gasteiger partial charge in [0.2, 0.25) is 0 Å². The molecule has 9 aromatic carbocycles. The van der Waals surface area contributed by atoms with Crippen LogP contribution in [0.25, 0.3) is 118 Å². The van der Waals surface area contributed by atoms with Crippen molar-refractivity contribution in [1.29, 1.82) is 0 Å². The van der Waals surface area contributed by atoms with Crippen LogP contribution < -0.4 is 0 Å². The molecule has 11 aromatic rings. The van der Waals surface area contributed by atoms with Crippen molar-refractivity contribution in [2.45, 2.75) is 25.7 Å². The van der Waals surface area contributed by atoms with Gasteiger partial charge < -0.3 is 4.57 Å². The highest BCUT2D eigenvalue weighted by Gasteiger charge is 2.36. The fourth-order valence-electron chi connectivity index (χ4n) is 10.4. The summed E-state index contributed by atoms with van der Waals surface area (Å²) in [5, 5.41) is 7.08. The summed E-state index contributed by atoms with van der Waals surface area (Å²) in [5.41, 5.74) is 16.1. The molecule has 0 fully saturated rings. The zero-order chi connectivity index (χ0) is 43.2. The van der Waals surface area contributed by atoms with Crippen LogP contribution in [-0.2, 0) is 5.41 Å². The van der Waals surface area contributed by atoms with Gasteiger partial charge in [0, 0.05) is 38.4 Å². The Balaban J connectivity index is 1.08. The average Bonchev–Trinajstić information content (AvgIpc) is 3.65. The monoisotopic (exact) mass is 830 g/mol. The second kappa shape index (κ2) is 14.4. The Kier molecular flexibility index (Phi) is 8.28. The van der Waals surface area contributed by atoms with E-state index < -0.39 is 0 Å². The van der Waals surface area contributed by atoms with Crippen LogP contribution in [0.5, 0.6) is 0 Å². The van der Waals surface area contributed by atoms with Gasteiger partial charge in [-0.1, -0.05) is 178 Å². The van der Waals surface area contributed by atoms with Gasteiger partial charge in [-0.2, -0.15) is 0 Å². The molecule has 2 aromatic heterocycles. The Morgan fingerprint density at radius 2 is 0.985 bits per heavy atom. The summed E-state index contributed by atoms with van der Waals surface area (Å²) in [4.78, 5) is 15.9. The first-order chi connectivity index (χ1) is 31.9. The SMILES string of the molecule is CC1(C)c2ccccc2-c2cc3c4ccccc4n(-c4cc(-c5nc(-c6ccc7ccccc7c6)nc(-c6ccc7ccccc7c6)n5)ccc4-c4ccc5c(c4)C=CCC=C5)c3cc21. The van der Waals surface area contributed by atoms with E-state index in [-0.39, 0.29) is 5.41 Å². The van der Waals surface area contributed by atoms with E-state index in [2.05, 4.69) is 225 Å². The molecule has 65 heavy (non-hydrogen) atoms. The van der Waals surface area contributed by atoms with Gasteiger partial charge in [0.05, 0.1) is 16.7 Å². The van der Waals surface area contributed by atoms with Crippen molar-refractivity contribution in [3.8, 4) is 62.1 Å². The second-order valence-electron chi connectivity index (χ2n) is 18.0. The summed E-state index contributed by atoms with van der Waals surface area (Å²) < 4.78 is 2.49. The zero-order valence-electron chi connectivity index (χ0n) is 36.1. The molecule has 0 unspecified atom stereocenters. The highest BCUT2D eigenvalue weighted by atomic mass is 15.0. The molecule has 2 heterocycles. The molecule has 306 valence electrons. The van der Waals surface area contributed by atoms with Gasteiger partial charge in [-0.3, -0.25) is 0 Å². The van der Waals surface area contributed by atoms with E-state index in [0.29, 0.717) is 17.5 Å². The van der Waals surface area contributed by atoms with Crippen LogP contribution in [0, 0.1) is 0 Å². The Labute approximate surface area is 377 Å². The van der Waals surface area contributed by atoms with Crippen molar-refractivity contribution in [1.82, 2.24) is 19.5 Å². The van der Waals surface area contributed by atoms with Gasteiger partial charge in [0.25, 0.3) is 0 Å². The Hall–Kier alpha value is -8.21. The predicted octanol–water partition coefficient (Wildman–Crippen LogP) is 15.7. The zero-order valence-corrected chi connectivity index (χ0v) is 36.1. The van der Waals surface area contributed by atoms with Crippen molar-refractivity contribution in [2.75, 3.05) is 0 Å². The summed E-state index contributed by atoms with van der Waals surface area (Å²) in [6.07, 6.45) is 9.88. The van der Waals surface area contributed by atoms with Gasteiger partial charge in [0.15, 0.2) is 17.5 Å². The Morgan fingerprint density at radius 1 is 0.400 bits per heavy atom. The number of nitrogens with zero attached hydrogens (tertiary/aromatic N) is 4. The molecular formula is C61H42N4. The molecule has 0 spiro atoms. The standard InChI is InChI=1S/C61H42N4/c1-61(2)53-22-12-10-20-49(53)51-36-52-50-21-11-13-23-55(50)65(57(52)37-54(51)61)56-35-47(30-31-48(56)44-27-24-38-14-4-3-5-17-41(38)32-44)60-63-58(45-28-25-39-15-6-8-18-42(39)33-45)62-59(64-60)46-29-26-40-16-7-9-19-43(40)34-46/h4-37H,3H2,1-2H3. The molecule has 4 nitrogen and oxygen atoms in total. The number of aromatic nitrogens is 4. The molecule has 0 atom stereocenters. The third-order valence-electron chi connectivity index (χ3n) is 13.8. The van der Waals surface area contributed by atoms with Crippen LogP contribution in [0.15, 0.2) is 194 Å². The summed E-state index contributed by atoms with van der Waals surface area (Å²) >= 11 is 0. The van der Waals surface area contributed by atoms with Crippen molar-refractivity contribution in [3.05, 3.63) is 216 Å². The fraction of sp³-hybridized carbons (Fsp3) is 0.0656. The van der Waals surface area contributed by atoms with Crippen LogP contribution in [0.1, 0.15) is 42.5 Å². The van der Waals surface area contributed by atoms with E-state index in [1.807, 2.05) is 0 Å². The summed E-state index contributed by atoms with van der Waals surface area (Å²) in [6, 6.07) is 66.1. The van der Waals surface area contributed by atoms with Gasteiger partial charge in [-0.05, 0) is 109 Å². The van der Waals surface area contributed by atoms with E-state index in [1.165, 1.54) is 60.4 Å². The van der Waals surface area contributed by atoms with E-state index in [1.54, 1.807) is 0 Å². The minimum Gasteiger partial charge on any atom is -0.309 e. The lowest BCUT2D eigenvalue weighted by atomic mass is 9.82. The van der Waals surface area contributed by atoms with Gasteiger partial charge in [-0.25, -0.2) is 15.0 Å². The third kappa shape index (κ3) is 6.02. The lowest BCUT2D eigenvalue weighted by Gasteiger charge is -2.22. The third-order valence-corrected chi connectivity index (χ3v) is 13.8. The van der Waals surface area contributed by atoms with Crippen molar-refractivity contribution in [2.24, 2.45) is 0 Å². The number of benzene rings is 9. The minimum atomic E-state index is -0.161. The molecular weight excluding hydrogens is 789 g/mol. The number of allylic oxidation sites excluding steroid dienone is 2. The summed E-state index contributed by atoms with van der Waals surface area (Å²) in [6.45, 7) is 4.72. The largest absolute Gasteiger partial charge is 0.309 e. The first kappa shape index (κ1) is 37.4. The topological polar surface area (TPSA) is 43.6 Å². The number of fused-ring (bicyclic) bond motifs is 9. The molecule has 0 saturated carbocycles. The van der Waals surface area contributed by atoms with E-state index in [4.69, 9.17) is 15.0 Å². The molecule has 4 heteroatoms. The molecule has 0 aliphatic heterocycles. The highest BCUT2D eigenvalue weighted by Crippen LogP contribution is 2.51. The lowest BCUT2D eigenvalue weighted by molar-refractivity contribution is 0.661. The van der Waals surface area contributed by atoms with E-state index in [9.17, 15) is 0 Å². The maximum atomic E-state index is 5.33. The molecule has 0 N–H and O–H groups in total. The molecule has 2 aliphatic carbocycles. The lowest BCUT2D eigenvalue weighted by Crippen LogP contribution is -2.15. The van der Waals surface area contributed by atoms with Crippen molar-refractivity contribution in [3.63, 3.8) is 0 Å². The Bertz CT molecular complexity index is 3750. The number of hydrogen-bond acceptors (Lipinski definition) is 3. The minimum absolute atomic E-state index is 0.161. The molecule has 0 radical (unpaired) electrons. The first-order valence-corrected chi connectivity index (χ1v) is 22.5. The van der Waals surface area contributed by atoms with Gasteiger partial charge >= 0.3 is 0 Å². The molecule has 0 saturated heterocycles. The van der Waals surface area contributed by atoms with Crippen LogP contribution in [0.4, 0.5) is 0 Å². The van der Waals surface area contributed by atoms with Crippen molar-refractivity contribution < 1.29 is 0 Å². The average molecular weight is 831 g/mol. The van der Waals surface area contributed by atoms with Crippen LogP contribution in [-0.4, -0.2) is 19.5 Å². The molecule has 0 bridgehead atoms. The summed E-state index contributed by atoms with van der Waals surface area (Å²) in [7, 11) is 0.